The third-order valence-electron chi connectivity index (χ3n) is 4.26. The standard InChI is InChI=1S/C16H26N2/c1-4-15-7-5-6-12-18(15)16-10-8-14(9-11-16)13(2)17-3/h8-11,13,15,17H,4-7,12H2,1-3H3. The molecule has 1 aromatic carbocycles. The van der Waals surface area contributed by atoms with Gasteiger partial charge in [-0.2, -0.15) is 0 Å². The Balaban J connectivity index is 2.12. The lowest BCUT2D eigenvalue weighted by molar-refractivity contribution is 0.450. The average molecular weight is 246 g/mol. The van der Waals surface area contributed by atoms with E-state index in [1.807, 2.05) is 7.05 Å². The lowest BCUT2D eigenvalue weighted by Gasteiger charge is -2.37. The van der Waals surface area contributed by atoms with Crippen molar-refractivity contribution in [3.63, 3.8) is 0 Å². The maximum Gasteiger partial charge on any atom is 0.0368 e. The molecule has 2 atom stereocenters. The second-order valence-electron chi connectivity index (χ2n) is 5.35. The second kappa shape index (κ2) is 6.24. The minimum Gasteiger partial charge on any atom is -0.369 e. The molecule has 2 unspecified atom stereocenters. The van der Waals surface area contributed by atoms with Crippen LogP contribution in [0.25, 0.3) is 0 Å². The Bertz CT molecular complexity index is 358. The largest absolute Gasteiger partial charge is 0.369 e. The van der Waals surface area contributed by atoms with E-state index in [4.69, 9.17) is 0 Å². The number of nitrogens with zero attached hydrogens (tertiary/aromatic N) is 1. The van der Waals surface area contributed by atoms with Crippen molar-refractivity contribution in [2.45, 2.75) is 51.6 Å². The maximum absolute atomic E-state index is 3.29. The highest BCUT2D eigenvalue weighted by Crippen LogP contribution is 2.27. The predicted molar refractivity (Wildman–Crippen MR) is 79.2 cm³/mol. The summed E-state index contributed by atoms with van der Waals surface area (Å²) in [6.07, 6.45) is 5.34. The second-order valence-corrected chi connectivity index (χ2v) is 5.35. The number of anilines is 1. The van der Waals surface area contributed by atoms with Gasteiger partial charge in [-0.25, -0.2) is 0 Å². The van der Waals surface area contributed by atoms with E-state index < -0.39 is 0 Å². The van der Waals surface area contributed by atoms with Crippen molar-refractivity contribution < 1.29 is 0 Å². The third-order valence-corrected chi connectivity index (χ3v) is 4.26. The van der Waals surface area contributed by atoms with Crippen LogP contribution in [-0.4, -0.2) is 19.6 Å². The van der Waals surface area contributed by atoms with Gasteiger partial charge in [-0.15, -0.1) is 0 Å². The van der Waals surface area contributed by atoms with Gasteiger partial charge < -0.3 is 10.2 Å². The molecular weight excluding hydrogens is 220 g/mol. The molecule has 100 valence electrons. The van der Waals surface area contributed by atoms with Gasteiger partial charge in [0.1, 0.15) is 0 Å². The first kappa shape index (κ1) is 13.4. The van der Waals surface area contributed by atoms with E-state index in [1.54, 1.807) is 0 Å². The van der Waals surface area contributed by atoms with Crippen LogP contribution >= 0.6 is 0 Å². The fraction of sp³-hybridized carbons (Fsp3) is 0.625. The first-order valence-electron chi connectivity index (χ1n) is 7.30. The highest BCUT2D eigenvalue weighted by Gasteiger charge is 2.20. The maximum atomic E-state index is 3.29. The van der Waals surface area contributed by atoms with Crippen molar-refractivity contribution in [3.05, 3.63) is 29.8 Å². The molecule has 0 aromatic heterocycles. The van der Waals surface area contributed by atoms with Gasteiger partial charge in [0.15, 0.2) is 0 Å². The molecule has 1 heterocycles. The van der Waals surface area contributed by atoms with Crippen LogP contribution in [0.15, 0.2) is 24.3 Å². The van der Waals surface area contributed by atoms with Crippen molar-refractivity contribution >= 4 is 5.69 Å². The fourth-order valence-corrected chi connectivity index (χ4v) is 2.89. The highest BCUT2D eigenvalue weighted by atomic mass is 15.2. The van der Waals surface area contributed by atoms with E-state index in [1.165, 1.54) is 43.5 Å². The molecule has 0 bridgehead atoms. The van der Waals surface area contributed by atoms with E-state index >= 15 is 0 Å². The molecule has 1 aromatic rings. The average Bonchev–Trinajstić information content (AvgIpc) is 2.46. The molecule has 1 fully saturated rings. The summed E-state index contributed by atoms with van der Waals surface area (Å²) in [6, 6.07) is 10.3. The minimum atomic E-state index is 0.433. The summed E-state index contributed by atoms with van der Waals surface area (Å²) in [5.74, 6) is 0. The number of benzene rings is 1. The zero-order valence-electron chi connectivity index (χ0n) is 11.9. The van der Waals surface area contributed by atoms with Crippen LogP contribution in [0.4, 0.5) is 5.69 Å². The van der Waals surface area contributed by atoms with Crippen LogP contribution in [0.2, 0.25) is 0 Å². The van der Waals surface area contributed by atoms with Crippen LogP contribution in [-0.2, 0) is 0 Å². The number of piperidine rings is 1. The van der Waals surface area contributed by atoms with E-state index in [-0.39, 0.29) is 0 Å². The van der Waals surface area contributed by atoms with Crippen LogP contribution in [0, 0.1) is 0 Å². The first-order chi connectivity index (χ1) is 8.76. The Morgan fingerprint density at radius 1 is 1.28 bits per heavy atom. The molecule has 0 saturated carbocycles. The van der Waals surface area contributed by atoms with Gasteiger partial charge in [-0.05, 0) is 57.4 Å². The Morgan fingerprint density at radius 2 is 2.00 bits per heavy atom. The van der Waals surface area contributed by atoms with E-state index in [0.717, 1.165) is 6.04 Å². The SMILES string of the molecule is CCC1CCCCN1c1ccc(C(C)NC)cc1. The van der Waals surface area contributed by atoms with Crippen LogP contribution in [0.1, 0.15) is 51.1 Å². The first-order valence-corrected chi connectivity index (χ1v) is 7.30. The molecule has 1 aliphatic heterocycles. The normalized spacial score (nSPS) is 21.9. The van der Waals surface area contributed by atoms with Crippen molar-refractivity contribution in [2.75, 3.05) is 18.5 Å². The number of nitrogens with one attached hydrogen (secondary N) is 1. The molecule has 1 aliphatic rings. The third kappa shape index (κ3) is 2.86. The summed E-state index contributed by atoms with van der Waals surface area (Å²) in [4.78, 5) is 2.59. The quantitative estimate of drug-likeness (QED) is 0.870. The number of hydrogen-bond donors (Lipinski definition) is 1. The van der Waals surface area contributed by atoms with Crippen molar-refractivity contribution in [3.8, 4) is 0 Å². The van der Waals surface area contributed by atoms with Crippen LogP contribution in [0.3, 0.4) is 0 Å². The topological polar surface area (TPSA) is 15.3 Å². The fourth-order valence-electron chi connectivity index (χ4n) is 2.89. The Morgan fingerprint density at radius 3 is 2.61 bits per heavy atom. The van der Waals surface area contributed by atoms with Gasteiger partial charge >= 0.3 is 0 Å². The molecule has 2 rings (SSSR count). The Labute approximate surface area is 111 Å². The molecule has 1 saturated heterocycles. The molecule has 0 spiro atoms. The Hall–Kier alpha value is -1.02. The van der Waals surface area contributed by atoms with Gasteiger partial charge in [-0.3, -0.25) is 0 Å². The lowest BCUT2D eigenvalue weighted by atomic mass is 9.98. The molecule has 0 aliphatic carbocycles. The molecule has 2 nitrogen and oxygen atoms in total. The van der Waals surface area contributed by atoms with Crippen LogP contribution < -0.4 is 10.2 Å². The van der Waals surface area contributed by atoms with Crippen molar-refractivity contribution in [2.24, 2.45) is 0 Å². The molecule has 2 heteroatoms. The smallest absolute Gasteiger partial charge is 0.0368 e. The zero-order valence-corrected chi connectivity index (χ0v) is 11.9. The van der Waals surface area contributed by atoms with E-state index in [9.17, 15) is 0 Å². The summed E-state index contributed by atoms with van der Waals surface area (Å²) in [5, 5.41) is 3.29. The molecule has 18 heavy (non-hydrogen) atoms. The Kier molecular flexibility index (Phi) is 4.65. The van der Waals surface area contributed by atoms with Crippen LogP contribution in [0.5, 0.6) is 0 Å². The molecule has 0 amide bonds. The van der Waals surface area contributed by atoms with Gasteiger partial charge in [0.05, 0.1) is 0 Å². The van der Waals surface area contributed by atoms with E-state index in [0.29, 0.717) is 6.04 Å². The monoisotopic (exact) mass is 246 g/mol. The lowest BCUT2D eigenvalue weighted by Crippen LogP contribution is -2.39. The summed E-state index contributed by atoms with van der Waals surface area (Å²) in [5.41, 5.74) is 2.76. The summed E-state index contributed by atoms with van der Waals surface area (Å²) in [7, 11) is 2.01. The summed E-state index contributed by atoms with van der Waals surface area (Å²) >= 11 is 0. The minimum absolute atomic E-state index is 0.433. The van der Waals surface area contributed by atoms with E-state index in [2.05, 4.69) is 48.3 Å². The molecule has 1 N–H and O–H groups in total. The van der Waals surface area contributed by atoms with Crippen molar-refractivity contribution in [1.29, 1.82) is 0 Å². The van der Waals surface area contributed by atoms with Gasteiger partial charge in [0.2, 0.25) is 0 Å². The van der Waals surface area contributed by atoms with Gasteiger partial charge in [0, 0.05) is 24.3 Å². The highest BCUT2D eigenvalue weighted by molar-refractivity contribution is 5.49. The van der Waals surface area contributed by atoms with Gasteiger partial charge in [0.25, 0.3) is 0 Å². The number of rotatable bonds is 4. The molecule has 0 radical (unpaired) electrons. The van der Waals surface area contributed by atoms with Crippen molar-refractivity contribution in [1.82, 2.24) is 5.32 Å². The predicted octanol–water partition coefficient (Wildman–Crippen LogP) is 3.74. The summed E-state index contributed by atoms with van der Waals surface area (Å²) < 4.78 is 0. The van der Waals surface area contributed by atoms with Gasteiger partial charge in [-0.1, -0.05) is 19.1 Å². The summed E-state index contributed by atoms with van der Waals surface area (Å²) in [6.45, 7) is 5.73. The number of hydrogen-bond acceptors (Lipinski definition) is 2. The zero-order chi connectivity index (χ0) is 13.0. The molecular formula is C16H26N2.